The molecular weight excluding hydrogens is 288 g/mol. The Labute approximate surface area is 117 Å². The van der Waals surface area contributed by atoms with Gasteiger partial charge in [-0.2, -0.15) is 13.2 Å². The molecule has 1 N–H and O–H groups in total. The molecule has 0 aliphatic heterocycles. The predicted molar refractivity (Wildman–Crippen MR) is 68.3 cm³/mol. The Kier molecular flexibility index (Phi) is 3.93. The molecule has 7 heteroatoms. The predicted octanol–water partition coefficient (Wildman–Crippen LogP) is 3.80. The van der Waals surface area contributed by atoms with Gasteiger partial charge >= 0.3 is 6.18 Å². The van der Waals surface area contributed by atoms with Gasteiger partial charge in [-0.1, -0.05) is 6.07 Å². The molecule has 0 spiro atoms. The molecule has 3 nitrogen and oxygen atoms in total. The number of amides is 1. The second-order valence-electron chi connectivity index (χ2n) is 4.35. The Hall–Kier alpha value is -2.44. The van der Waals surface area contributed by atoms with Crippen LogP contribution in [0.15, 0.2) is 36.5 Å². The standard InChI is InChI=1S/C14H10F4N2O/c1-8-2-4-10(6-11(8)15)20-13(21)9-3-5-12(19-7-9)14(16,17)18/h2-7H,1H3,(H,20,21). The average Bonchev–Trinajstić information content (AvgIpc) is 2.42. The number of benzene rings is 1. The maximum atomic E-state index is 13.3. The molecule has 0 bridgehead atoms. The fourth-order valence-corrected chi connectivity index (χ4v) is 1.57. The van der Waals surface area contributed by atoms with Gasteiger partial charge in [0.05, 0.1) is 5.56 Å². The number of carbonyl (C=O) groups is 1. The minimum absolute atomic E-state index is 0.0519. The maximum Gasteiger partial charge on any atom is 0.433 e. The number of rotatable bonds is 2. The van der Waals surface area contributed by atoms with Crippen molar-refractivity contribution in [3.05, 3.63) is 59.2 Å². The third kappa shape index (κ3) is 3.56. The molecule has 0 unspecified atom stereocenters. The molecule has 0 saturated carbocycles. The van der Waals surface area contributed by atoms with Crippen LogP contribution in [0.1, 0.15) is 21.6 Å². The molecule has 1 aromatic heterocycles. The van der Waals surface area contributed by atoms with Crippen LogP contribution in [0, 0.1) is 12.7 Å². The van der Waals surface area contributed by atoms with E-state index in [1.807, 2.05) is 0 Å². The van der Waals surface area contributed by atoms with Crippen LogP contribution in [-0.2, 0) is 6.18 Å². The van der Waals surface area contributed by atoms with Crippen molar-refractivity contribution in [3.63, 3.8) is 0 Å². The van der Waals surface area contributed by atoms with Crippen molar-refractivity contribution >= 4 is 11.6 Å². The molecule has 1 amide bonds. The van der Waals surface area contributed by atoms with Gasteiger partial charge in [-0.05, 0) is 36.8 Å². The lowest BCUT2D eigenvalue weighted by molar-refractivity contribution is -0.141. The van der Waals surface area contributed by atoms with E-state index in [0.717, 1.165) is 18.3 Å². The lowest BCUT2D eigenvalue weighted by Crippen LogP contribution is -2.14. The van der Waals surface area contributed by atoms with Crippen LogP contribution in [0.3, 0.4) is 0 Å². The van der Waals surface area contributed by atoms with E-state index in [1.54, 1.807) is 6.92 Å². The van der Waals surface area contributed by atoms with Crippen molar-refractivity contribution in [3.8, 4) is 0 Å². The summed E-state index contributed by atoms with van der Waals surface area (Å²) in [7, 11) is 0. The number of pyridine rings is 1. The number of aromatic nitrogens is 1. The molecule has 0 radical (unpaired) electrons. The zero-order valence-corrected chi connectivity index (χ0v) is 10.8. The second-order valence-corrected chi connectivity index (χ2v) is 4.35. The van der Waals surface area contributed by atoms with Crippen LogP contribution in [0.2, 0.25) is 0 Å². The Morgan fingerprint density at radius 2 is 1.90 bits per heavy atom. The summed E-state index contributed by atoms with van der Waals surface area (Å²) in [6.45, 7) is 1.57. The second kappa shape index (κ2) is 5.51. The first-order chi connectivity index (χ1) is 9.77. The van der Waals surface area contributed by atoms with Crippen molar-refractivity contribution in [2.24, 2.45) is 0 Å². The summed E-state index contributed by atoms with van der Waals surface area (Å²) in [5, 5.41) is 2.38. The molecule has 2 rings (SSSR count). The molecule has 110 valence electrons. The van der Waals surface area contributed by atoms with Gasteiger partial charge in [0.2, 0.25) is 0 Å². The van der Waals surface area contributed by atoms with Gasteiger partial charge < -0.3 is 5.32 Å². The highest BCUT2D eigenvalue weighted by Crippen LogP contribution is 2.27. The normalized spacial score (nSPS) is 11.3. The SMILES string of the molecule is Cc1ccc(NC(=O)c2ccc(C(F)(F)F)nc2)cc1F. The minimum Gasteiger partial charge on any atom is -0.322 e. The summed E-state index contributed by atoms with van der Waals surface area (Å²) in [6.07, 6.45) is -3.74. The number of nitrogens with zero attached hydrogens (tertiary/aromatic N) is 1. The Morgan fingerprint density at radius 3 is 2.43 bits per heavy atom. The van der Waals surface area contributed by atoms with E-state index in [-0.39, 0.29) is 11.3 Å². The van der Waals surface area contributed by atoms with Crippen molar-refractivity contribution in [1.82, 2.24) is 4.98 Å². The molecular formula is C14H10F4N2O. The lowest BCUT2D eigenvalue weighted by atomic mass is 10.2. The van der Waals surface area contributed by atoms with Gasteiger partial charge in [0.1, 0.15) is 11.5 Å². The van der Waals surface area contributed by atoms with Gasteiger partial charge in [-0.25, -0.2) is 4.39 Å². The number of anilines is 1. The highest BCUT2D eigenvalue weighted by Gasteiger charge is 2.32. The number of hydrogen-bond donors (Lipinski definition) is 1. The summed E-state index contributed by atoms with van der Waals surface area (Å²) >= 11 is 0. The Balaban J connectivity index is 2.15. The molecule has 2 aromatic rings. The molecule has 21 heavy (non-hydrogen) atoms. The first-order valence-corrected chi connectivity index (χ1v) is 5.88. The summed E-state index contributed by atoms with van der Waals surface area (Å²) in [5.74, 6) is -1.15. The fraction of sp³-hybridized carbons (Fsp3) is 0.143. The van der Waals surface area contributed by atoms with E-state index in [9.17, 15) is 22.4 Å². The van der Waals surface area contributed by atoms with Gasteiger partial charge in [-0.15, -0.1) is 0 Å². The summed E-state index contributed by atoms with van der Waals surface area (Å²) in [6, 6.07) is 5.83. The zero-order valence-electron chi connectivity index (χ0n) is 10.8. The van der Waals surface area contributed by atoms with Crippen molar-refractivity contribution in [2.75, 3.05) is 5.32 Å². The minimum atomic E-state index is -4.56. The van der Waals surface area contributed by atoms with Crippen LogP contribution in [-0.4, -0.2) is 10.9 Å². The van der Waals surface area contributed by atoms with Crippen LogP contribution in [0.4, 0.5) is 23.2 Å². The highest BCUT2D eigenvalue weighted by molar-refractivity contribution is 6.04. The molecule has 0 atom stereocenters. The van der Waals surface area contributed by atoms with Crippen LogP contribution in [0.5, 0.6) is 0 Å². The maximum absolute atomic E-state index is 13.3. The quantitative estimate of drug-likeness (QED) is 0.857. The van der Waals surface area contributed by atoms with E-state index >= 15 is 0 Å². The number of nitrogens with one attached hydrogen (secondary N) is 1. The van der Waals surface area contributed by atoms with Crippen molar-refractivity contribution < 1.29 is 22.4 Å². The van der Waals surface area contributed by atoms with Gasteiger partial charge in [0.25, 0.3) is 5.91 Å². The first kappa shape index (κ1) is 15.0. The lowest BCUT2D eigenvalue weighted by Gasteiger charge is -2.08. The Morgan fingerprint density at radius 1 is 1.19 bits per heavy atom. The third-order valence-corrected chi connectivity index (χ3v) is 2.75. The largest absolute Gasteiger partial charge is 0.433 e. The topological polar surface area (TPSA) is 42.0 Å². The summed E-state index contributed by atoms with van der Waals surface area (Å²) < 4.78 is 50.4. The van der Waals surface area contributed by atoms with Gasteiger partial charge in [0.15, 0.2) is 0 Å². The monoisotopic (exact) mass is 298 g/mol. The number of alkyl halides is 3. The van der Waals surface area contributed by atoms with E-state index in [4.69, 9.17) is 0 Å². The van der Waals surface area contributed by atoms with Crippen LogP contribution < -0.4 is 5.32 Å². The van der Waals surface area contributed by atoms with Gasteiger partial charge in [0, 0.05) is 11.9 Å². The summed E-state index contributed by atoms with van der Waals surface area (Å²) in [4.78, 5) is 15.0. The molecule has 0 aliphatic carbocycles. The number of aryl methyl sites for hydroxylation is 1. The highest BCUT2D eigenvalue weighted by atomic mass is 19.4. The molecule has 0 saturated heterocycles. The van der Waals surface area contributed by atoms with Crippen LogP contribution >= 0.6 is 0 Å². The number of halogens is 4. The van der Waals surface area contributed by atoms with Crippen molar-refractivity contribution in [1.29, 1.82) is 0 Å². The van der Waals surface area contributed by atoms with E-state index in [1.165, 1.54) is 12.1 Å². The van der Waals surface area contributed by atoms with E-state index < -0.39 is 23.6 Å². The molecule has 0 fully saturated rings. The van der Waals surface area contributed by atoms with E-state index in [2.05, 4.69) is 10.3 Å². The fourth-order valence-electron chi connectivity index (χ4n) is 1.57. The first-order valence-electron chi connectivity index (χ1n) is 5.88. The molecule has 1 aromatic carbocycles. The van der Waals surface area contributed by atoms with Crippen LogP contribution in [0.25, 0.3) is 0 Å². The number of hydrogen-bond acceptors (Lipinski definition) is 2. The molecule has 1 heterocycles. The zero-order chi connectivity index (χ0) is 15.6. The third-order valence-electron chi connectivity index (χ3n) is 2.75. The summed E-state index contributed by atoms with van der Waals surface area (Å²) in [5.41, 5.74) is -0.503. The number of carbonyl (C=O) groups excluding carboxylic acids is 1. The average molecular weight is 298 g/mol. The Bertz CT molecular complexity index is 666. The molecule has 0 aliphatic rings. The smallest absolute Gasteiger partial charge is 0.322 e. The van der Waals surface area contributed by atoms with E-state index in [0.29, 0.717) is 11.6 Å². The van der Waals surface area contributed by atoms with Gasteiger partial charge in [-0.3, -0.25) is 9.78 Å². The van der Waals surface area contributed by atoms with Crippen molar-refractivity contribution in [2.45, 2.75) is 13.1 Å².